The van der Waals surface area contributed by atoms with Crippen molar-refractivity contribution < 1.29 is 9.59 Å². The van der Waals surface area contributed by atoms with Gasteiger partial charge < -0.3 is 10.6 Å². The van der Waals surface area contributed by atoms with Crippen molar-refractivity contribution >= 4 is 17.5 Å². The average Bonchev–Trinajstić information content (AvgIpc) is 2.63. The first kappa shape index (κ1) is 19.7. The fraction of sp³-hybridized carbons (Fsp3) is 0.364. The third-order valence-corrected chi connectivity index (χ3v) is 4.53. The Balaban J connectivity index is 2.06. The van der Waals surface area contributed by atoms with Gasteiger partial charge in [0.25, 0.3) is 5.91 Å². The minimum absolute atomic E-state index is 0.0886. The summed E-state index contributed by atoms with van der Waals surface area (Å²) in [5, 5.41) is 5.86. The van der Waals surface area contributed by atoms with Gasteiger partial charge in [-0.15, -0.1) is 0 Å². The third-order valence-electron chi connectivity index (χ3n) is 4.53. The number of hydrogen-bond donors (Lipinski definition) is 2. The van der Waals surface area contributed by atoms with E-state index in [-0.39, 0.29) is 23.8 Å². The molecule has 2 rings (SSSR count). The van der Waals surface area contributed by atoms with Gasteiger partial charge in [0.15, 0.2) is 0 Å². The van der Waals surface area contributed by atoms with Gasteiger partial charge in [0.2, 0.25) is 5.91 Å². The van der Waals surface area contributed by atoms with Crippen molar-refractivity contribution in [3.8, 4) is 0 Å². The highest BCUT2D eigenvalue weighted by Crippen LogP contribution is 2.18. The zero-order valence-electron chi connectivity index (χ0n) is 16.0. The van der Waals surface area contributed by atoms with Gasteiger partial charge in [0.05, 0.1) is 11.3 Å². The molecule has 2 aromatic rings. The first-order valence-electron chi connectivity index (χ1n) is 9.17. The van der Waals surface area contributed by atoms with Gasteiger partial charge in [-0.05, 0) is 44.4 Å². The molecule has 2 unspecified atom stereocenters. The summed E-state index contributed by atoms with van der Waals surface area (Å²) in [7, 11) is 0. The minimum Gasteiger partial charge on any atom is -0.350 e. The molecule has 0 aliphatic rings. The van der Waals surface area contributed by atoms with E-state index in [1.54, 1.807) is 18.2 Å². The molecule has 2 atom stereocenters. The van der Waals surface area contributed by atoms with Crippen molar-refractivity contribution in [2.24, 2.45) is 5.92 Å². The van der Waals surface area contributed by atoms with Crippen molar-refractivity contribution in [3.63, 3.8) is 0 Å². The van der Waals surface area contributed by atoms with Crippen LogP contribution in [-0.4, -0.2) is 17.9 Å². The molecule has 2 N–H and O–H groups in total. The van der Waals surface area contributed by atoms with Crippen molar-refractivity contribution in [2.45, 2.75) is 46.6 Å². The highest BCUT2D eigenvalue weighted by Gasteiger charge is 2.18. The number of rotatable bonds is 7. The van der Waals surface area contributed by atoms with Gasteiger partial charge in [-0.1, -0.05) is 55.8 Å². The fourth-order valence-electron chi connectivity index (χ4n) is 2.62. The molecule has 2 amide bonds. The summed E-state index contributed by atoms with van der Waals surface area (Å²) < 4.78 is 0. The van der Waals surface area contributed by atoms with E-state index in [1.807, 2.05) is 45.9 Å². The lowest BCUT2D eigenvalue weighted by atomic mass is 9.99. The molecule has 0 radical (unpaired) electrons. The summed E-state index contributed by atoms with van der Waals surface area (Å²) in [5.41, 5.74) is 3.37. The van der Waals surface area contributed by atoms with Crippen LogP contribution in [0.25, 0.3) is 0 Å². The zero-order valence-corrected chi connectivity index (χ0v) is 16.0. The lowest BCUT2D eigenvalue weighted by Gasteiger charge is -2.16. The zero-order chi connectivity index (χ0) is 19.1. The molecule has 26 heavy (non-hydrogen) atoms. The van der Waals surface area contributed by atoms with E-state index in [0.29, 0.717) is 17.7 Å². The molecule has 0 heterocycles. The molecule has 0 saturated carbocycles. The van der Waals surface area contributed by atoms with Crippen LogP contribution in [0.15, 0.2) is 48.5 Å². The van der Waals surface area contributed by atoms with E-state index in [1.165, 1.54) is 5.56 Å². The molecule has 0 bridgehead atoms. The summed E-state index contributed by atoms with van der Waals surface area (Å²) in [5.74, 6) is -0.445. The Morgan fingerprint density at radius 1 is 1.00 bits per heavy atom. The lowest BCUT2D eigenvalue weighted by molar-refractivity contribution is -0.119. The van der Waals surface area contributed by atoms with E-state index in [9.17, 15) is 9.59 Å². The number of carbonyl (C=O) groups excluding carboxylic acids is 2. The Morgan fingerprint density at radius 3 is 2.31 bits per heavy atom. The summed E-state index contributed by atoms with van der Waals surface area (Å²) in [6.07, 6.45) is 1.52. The standard InChI is InChI=1S/C22H28N2O2/c1-5-17(4)23-22(26)19-8-6-7-9-20(19)24-21(25)16(3)14-18-12-10-15(2)11-13-18/h6-13,16-17H,5,14H2,1-4H3,(H,23,26)(H,24,25). The van der Waals surface area contributed by atoms with Crippen LogP contribution in [0.4, 0.5) is 5.69 Å². The Morgan fingerprint density at radius 2 is 1.65 bits per heavy atom. The predicted molar refractivity (Wildman–Crippen MR) is 106 cm³/mol. The molecular weight excluding hydrogens is 324 g/mol. The lowest BCUT2D eigenvalue weighted by Crippen LogP contribution is -2.33. The van der Waals surface area contributed by atoms with Gasteiger partial charge >= 0.3 is 0 Å². The summed E-state index contributed by atoms with van der Waals surface area (Å²) in [6.45, 7) is 7.92. The van der Waals surface area contributed by atoms with Gasteiger partial charge in [0, 0.05) is 12.0 Å². The highest BCUT2D eigenvalue weighted by molar-refractivity contribution is 6.04. The number of anilines is 1. The quantitative estimate of drug-likeness (QED) is 0.779. The summed E-state index contributed by atoms with van der Waals surface area (Å²) >= 11 is 0. The maximum absolute atomic E-state index is 12.6. The normalized spacial score (nSPS) is 12.9. The highest BCUT2D eigenvalue weighted by atomic mass is 16.2. The summed E-state index contributed by atoms with van der Waals surface area (Å²) in [6, 6.07) is 15.4. The average molecular weight is 352 g/mol. The Labute approximate surface area is 156 Å². The maximum atomic E-state index is 12.6. The van der Waals surface area contributed by atoms with E-state index in [4.69, 9.17) is 0 Å². The van der Waals surface area contributed by atoms with E-state index < -0.39 is 0 Å². The van der Waals surface area contributed by atoms with Crippen LogP contribution in [0, 0.1) is 12.8 Å². The molecule has 4 nitrogen and oxygen atoms in total. The maximum Gasteiger partial charge on any atom is 0.253 e. The number of aryl methyl sites for hydroxylation is 1. The number of amides is 2. The van der Waals surface area contributed by atoms with Gasteiger partial charge in [-0.2, -0.15) is 0 Å². The predicted octanol–water partition coefficient (Wildman–Crippen LogP) is 4.34. The second-order valence-corrected chi connectivity index (χ2v) is 6.91. The summed E-state index contributed by atoms with van der Waals surface area (Å²) in [4.78, 5) is 25.0. The van der Waals surface area contributed by atoms with Crippen molar-refractivity contribution in [1.82, 2.24) is 5.32 Å². The molecule has 138 valence electrons. The van der Waals surface area contributed by atoms with Crippen LogP contribution >= 0.6 is 0 Å². The topological polar surface area (TPSA) is 58.2 Å². The van der Waals surface area contributed by atoms with Crippen LogP contribution in [0.2, 0.25) is 0 Å². The van der Waals surface area contributed by atoms with Crippen molar-refractivity contribution in [2.75, 3.05) is 5.32 Å². The molecule has 4 heteroatoms. The molecule has 0 aromatic heterocycles. The second kappa shape index (κ2) is 9.18. The van der Waals surface area contributed by atoms with E-state index >= 15 is 0 Å². The molecular formula is C22H28N2O2. The SMILES string of the molecule is CCC(C)NC(=O)c1ccccc1NC(=O)C(C)Cc1ccc(C)cc1. The van der Waals surface area contributed by atoms with Gasteiger partial charge in [-0.3, -0.25) is 9.59 Å². The molecule has 0 saturated heterocycles. The number of benzene rings is 2. The number of para-hydroxylation sites is 1. The Bertz CT molecular complexity index is 753. The van der Waals surface area contributed by atoms with Crippen molar-refractivity contribution in [3.05, 3.63) is 65.2 Å². The number of carbonyl (C=O) groups is 2. The fourth-order valence-corrected chi connectivity index (χ4v) is 2.62. The monoisotopic (exact) mass is 352 g/mol. The van der Waals surface area contributed by atoms with Crippen LogP contribution in [-0.2, 0) is 11.2 Å². The largest absolute Gasteiger partial charge is 0.350 e. The molecule has 0 spiro atoms. The second-order valence-electron chi connectivity index (χ2n) is 6.91. The van der Waals surface area contributed by atoms with Crippen molar-refractivity contribution in [1.29, 1.82) is 0 Å². The molecule has 0 fully saturated rings. The van der Waals surface area contributed by atoms with Crippen LogP contribution in [0.1, 0.15) is 48.7 Å². The van der Waals surface area contributed by atoms with Crippen LogP contribution in [0.3, 0.4) is 0 Å². The smallest absolute Gasteiger partial charge is 0.253 e. The van der Waals surface area contributed by atoms with Gasteiger partial charge in [-0.25, -0.2) is 0 Å². The molecule has 0 aliphatic carbocycles. The number of nitrogens with one attached hydrogen (secondary N) is 2. The van der Waals surface area contributed by atoms with Gasteiger partial charge in [0.1, 0.15) is 0 Å². The van der Waals surface area contributed by atoms with E-state index in [2.05, 4.69) is 22.8 Å². The number of hydrogen-bond acceptors (Lipinski definition) is 2. The third kappa shape index (κ3) is 5.45. The minimum atomic E-state index is -0.191. The van der Waals surface area contributed by atoms with Crippen LogP contribution < -0.4 is 10.6 Å². The van der Waals surface area contributed by atoms with Crippen LogP contribution in [0.5, 0.6) is 0 Å². The molecule has 0 aliphatic heterocycles. The Kier molecular flexibility index (Phi) is 6.96. The van der Waals surface area contributed by atoms with E-state index in [0.717, 1.165) is 12.0 Å². The first-order valence-corrected chi connectivity index (χ1v) is 9.17. The first-order chi connectivity index (χ1) is 12.4. The Hall–Kier alpha value is -2.62. The molecule has 2 aromatic carbocycles.